The lowest BCUT2D eigenvalue weighted by Crippen LogP contribution is -2.31. The Morgan fingerprint density at radius 2 is 1.87 bits per heavy atom. The normalized spacial score (nSPS) is 15.9. The fourth-order valence-electron chi connectivity index (χ4n) is 4.76. The monoisotopic (exact) mass is 548 g/mol. The smallest absolute Gasteiger partial charge is 0.265 e. The third kappa shape index (κ3) is 6.01. The summed E-state index contributed by atoms with van der Waals surface area (Å²) in [7, 11) is -2.23. The van der Waals surface area contributed by atoms with Crippen LogP contribution in [0, 0.1) is 6.92 Å². The summed E-state index contributed by atoms with van der Waals surface area (Å²) in [6, 6.07) is 23.6. The molecule has 2 heterocycles. The van der Waals surface area contributed by atoms with Crippen molar-refractivity contribution in [3.63, 3.8) is 0 Å². The van der Waals surface area contributed by atoms with Gasteiger partial charge < -0.3 is 10.1 Å². The van der Waals surface area contributed by atoms with Crippen molar-refractivity contribution in [1.29, 1.82) is 0 Å². The standard InChI is InChI=1S/C29H32N4O3S2/c1-22-16-27(12-13-28(22)31-25-14-15-32(19-25)17-23-6-4-3-5-7-23)38(34,35)33(29-20-37-21-30-29)18-24-8-10-26(36-2)11-9-24/h3-13,16,20-21,25,31H,14-15,17-19H2,1-2H3/t25-/m0/s1. The summed E-state index contributed by atoms with van der Waals surface area (Å²) < 4.78 is 34.2. The Hall–Kier alpha value is -3.40. The average molecular weight is 549 g/mol. The number of methoxy groups -OCH3 is 1. The van der Waals surface area contributed by atoms with Gasteiger partial charge in [-0.1, -0.05) is 42.5 Å². The molecule has 1 fully saturated rings. The van der Waals surface area contributed by atoms with Crippen LogP contribution in [0.15, 0.2) is 88.6 Å². The molecule has 3 aromatic carbocycles. The minimum absolute atomic E-state index is 0.175. The molecule has 1 aliphatic rings. The molecule has 0 spiro atoms. The minimum Gasteiger partial charge on any atom is -0.497 e. The van der Waals surface area contributed by atoms with E-state index in [1.807, 2.05) is 43.3 Å². The van der Waals surface area contributed by atoms with E-state index in [1.165, 1.54) is 21.2 Å². The van der Waals surface area contributed by atoms with E-state index in [-0.39, 0.29) is 11.4 Å². The first-order valence-corrected chi connectivity index (χ1v) is 15.0. The second-order valence-corrected chi connectivity index (χ2v) is 12.1. The molecule has 1 atom stereocenters. The molecule has 1 saturated heterocycles. The summed E-state index contributed by atoms with van der Waals surface area (Å²) in [6.07, 6.45) is 1.05. The van der Waals surface area contributed by atoms with Crippen molar-refractivity contribution in [3.8, 4) is 5.75 Å². The zero-order valence-electron chi connectivity index (χ0n) is 21.6. The molecular weight excluding hydrogens is 516 g/mol. The van der Waals surface area contributed by atoms with E-state index < -0.39 is 10.0 Å². The maximum Gasteiger partial charge on any atom is 0.265 e. The van der Waals surface area contributed by atoms with E-state index >= 15 is 0 Å². The summed E-state index contributed by atoms with van der Waals surface area (Å²) in [6.45, 7) is 5.05. The van der Waals surface area contributed by atoms with Gasteiger partial charge in [-0.15, -0.1) is 11.3 Å². The Balaban J connectivity index is 1.30. The number of aromatic nitrogens is 1. The van der Waals surface area contributed by atoms with Gasteiger partial charge in [0, 0.05) is 36.7 Å². The highest BCUT2D eigenvalue weighted by molar-refractivity contribution is 7.92. The lowest BCUT2D eigenvalue weighted by atomic mass is 10.1. The van der Waals surface area contributed by atoms with E-state index in [2.05, 4.69) is 39.5 Å². The van der Waals surface area contributed by atoms with Crippen LogP contribution in [0.5, 0.6) is 5.75 Å². The quantitative estimate of drug-likeness (QED) is 0.280. The number of thiazole rings is 1. The van der Waals surface area contributed by atoms with Crippen LogP contribution in [0.25, 0.3) is 0 Å². The molecule has 9 heteroatoms. The van der Waals surface area contributed by atoms with Gasteiger partial charge in [-0.25, -0.2) is 17.7 Å². The Morgan fingerprint density at radius 3 is 2.55 bits per heavy atom. The molecule has 0 unspecified atom stereocenters. The Kier molecular flexibility index (Phi) is 7.97. The number of nitrogens with zero attached hydrogens (tertiary/aromatic N) is 3. The van der Waals surface area contributed by atoms with Crippen molar-refractivity contribution in [1.82, 2.24) is 9.88 Å². The Labute approximate surface area is 228 Å². The summed E-state index contributed by atoms with van der Waals surface area (Å²) in [4.78, 5) is 7.01. The second kappa shape index (κ2) is 11.6. The largest absolute Gasteiger partial charge is 0.497 e. The van der Waals surface area contributed by atoms with Crippen molar-refractivity contribution >= 4 is 32.9 Å². The van der Waals surface area contributed by atoms with Gasteiger partial charge in [0.1, 0.15) is 5.75 Å². The van der Waals surface area contributed by atoms with E-state index in [0.717, 1.165) is 48.6 Å². The maximum atomic E-state index is 13.8. The second-order valence-electron chi connectivity index (χ2n) is 9.53. The highest BCUT2D eigenvalue weighted by Gasteiger charge is 2.28. The molecule has 1 aromatic heterocycles. The predicted octanol–water partition coefficient (Wildman–Crippen LogP) is 5.54. The average Bonchev–Trinajstić information content (AvgIpc) is 3.62. The lowest BCUT2D eigenvalue weighted by Gasteiger charge is -2.23. The van der Waals surface area contributed by atoms with Crippen LogP contribution < -0.4 is 14.4 Å². The topological polar surface area (TPSA) is 74.8 Å². The molecule has 0 amide bonds. The number of anilines is 2. The number of aryl methyl sites for hydroxylation is 1. The van der Waals surface area contributed by atoms with Crippen molar-refractivity contribution < 1.29 is 13.2 Å². The molecule has 0 aliphatic carbocycles. The van der Waals surface area contributed by atoms with E-state index in [0.29, 0.717) is 11.9 Å². The SMILES string of the molecule is COc1ccc(CN(c2cscn2)S(=O)(=O)c2ccc(N[C@H]3CCN(Cc4ccccc4)C3)c(C)c2)cc1. The number of rotatable bonds is 10. The van der Waals surface area contributed by atoms with Gasteiger partial charge >= 0.3 is 0 Å². The molecule has 38 heavy (non-hydrogen) atoms. The third-order valence-electron chi connectivity index (χ3n) is 6.83. The molecular formula is C29H32N4O3S2. The molecule has 0 bridgehead atoms. The van der Waals surface area contributed by atoms with Crippen LogP contribution >= 0.6 is 11.3 Å². The van der Waals surface area contributed by atoms with Crippen LogP contribution in [-0.2, 0) is 23.1 Å². The third-order valence-corrected chi connectivity index (χ3v) is 9.15. The summed E-state index contributed by atoms with van der Waals surface area (Å²) in [5, 5.41) is 5.39. The number of hydrogen-bond donors (Lipinski definition) is 1. The summed E-state index contributed by atoms with van der Waals surface area (Å²) in [5.41, 5.74) is 5.67. The fraction of sp³-hybridized carbons (Fsp3) is 0.276. The van der Waals surface area contributed by atoms with Crippen molar-refractivity contribution in [2.75, 3.05) is 29.8 Å². The number of sulfonamides is 1. The highest BCUT2D eigenvalue weighted by atomic mass is 32.2. The van der Waals surface area contributed by atoms with E-state index in [9.17, 15) is 8.42 Å². The molecule has 0 radical (unpaired) electrons. The summed E-state index contributed by atoms with van der Waals surface area (Å²) in [5.74, 6) is 1.14. The molecule has 0 saturated carbocycles. The van der Waals surface area contributed by atoms with Gasteiger partial charge in [-0.3, -0.25) is 4.90 Å². The summed E-state index contributed by atoms with van der Waals surface area (Å²) >= 11 is 1.37. The van der Waals surface area contributed by atoms with Crippen LogP contribution in [0.2, 0.25) is 0 Å². The van der Waals surface area contributed by atoms with Crippen LogP contribution in [0.3, 0.4) is 0 Å². The first-order chi connectivity index (χ1) is 18.4. The number of hydrogen-bond acceptors (Lipinski definition) is 7. The molecule has 7 nitrogen and oxygen atoms in total. The van der Waals surface area contributed by atoms with E-state index in [4.69, 9.17) is 4.74 Å². The lowest BCUT2D eigenvalue weighted by molar-refractivity contribution is 0.328. The highest BCUT2D eigenvalue weighted by Crippen LogP contribution is 2.29. The minimum atomic E-state index is -3.84. The number of benzene rings is 3. The zero-order valence-corrected chi connectivity index (χ0v) is 23.2. The van der Waals surface area contributed by atoms with Crippen molar-refractivity contribution in [3.05, 3.63) is 100 Å². The van der Waals surface area contributed by atoms with Crippen LogP contribution in [-0.4, -0.2) is 44.5 Å². The molecule has 1 N–H and O–H groups in total. The number of nitrogens with one attached hydrogen (secondary N) is 1. The predicted molar refractivity (Wildman–Crippen MR) is 153 cm³/mol. The Morgan fingerprint density at radius 1 is 1.08 bits per heavy atom. The molecule has 4 aromatic rings. The maximum absolute atomic E-state index is 13.8. The van der Waals surface area contributed by atoms with Crippen molar-refractivity contribution in [2.24, 2.45) is 0 Å². The van der Waals surface area contributed by atoms with Gasteiger partial charge in [0.2, 0.25) is 0 Å². The Bertz CT molecular complexity index is 1440. The number of likely N-dealkylation sites (tertiary alicyclic amines) is 1. The van der Waals surface area contributed by atoms with Gasteiger partial charge in [-0.2, -0.15) is 0 Å². The number of ether oxygens (including phenoxy) is 1. The van der Waals surface area contributed by atoms with Crippen LogP contribution in [0.4, 0.5) is 11.5 Å². The first-order valence-electron chi connectivity index (χ1n) is 12.6. The molecule has 5 rings (SSSR count). The molecule has 198 valence electrons. The van der Waals surface area contributed by atoms with Gasteiger partial charge in [0.05, 0.1) is 24.1 Å². The first kappa shape index (κ1) is 26.2. The van der Waals surface area contributed by atoms with Gasteiger partial charge in [-0.05, 0) is 60.4 Å². The van der Waals surface area contributed by atoms with Gasteiger partial charge in [0.15, 0.2) is 5.82 Å². The van der Waals surface area contributed by atoms with Crippen LogP contribution in [0.1, 0.15) is 23.1 Å². The zero-order chi connectivity index (χ0) is 26.5. The molecule has 1 aliphatic heterocycles. The van der Waals surface area contributed by atoms with Crippen molar-refractivity contribution in [2.45, 2.75) is 37.4 Å². The van der Waals surface area contributed by atoms with Gasteiger partial charge in [0.25, 0.3) is 10.0 Å². The fourth-order valence-corrected chi connectivity index (χ4v) is 6.85. The van der Waals surface area contributed by atoms with E-state index in [1.54, 1.807) is 30.1 Å².